The molecule has 0 saturated heterocycles. The highest BCUT2D eigenvalue weighted by molar-refractivity contribution is 6.00. The third-order valence-corrected chi connectivity index (χ3v) is 5.69. The fourth-order valence-corrected chi connectivity index (χ4v) is 4.16. The fourth-order valence-electron chi connectivity index (χ4n) is 4.16. The summed E-state index contributed by atoms with van der Waals surface area (Å²) < 4.78 is 5.30. The third-order valence-electron chi connectivity index (χ3n) is 5.69. The monoisotopic (exact) mass is 442 g/mol. The first-order valence-electron chi connectivity index (χ1n) is 11.0. The van der Waals surface area contributed by atoms with Crippen LogP contribution < -0.4 is 5.32 Å². The zero-order valence-corrected chi connectivity index (χ0v) is 18.6. The highest BCUT2D eigenvalue weighted by Crippen LogP contribution is 2.32. The van der Waals surface area contributed by atoms with Gasteiger partial charge in [-0.1, -0.05) is 74.5 Å². The molecule has 0 radical (unpaired) electrons. The number of hydrogen-bond acceptors (Lipinski definition) is 4. The van der Waals surface area contributed by atoms with Crippen LogP contribution in [0.25, 0.3) is 10.8 Å². The van der Waals surface area contributed by atoms with Gasteiger partial charge in [-0.2, -0.15) is 0 Å². The van der Waals surface area contributed by atoms with E-state index in [2.05, 4.69) is 42.3 Å². The van der Waals surface area contributed by atoms with Crippen LogP contribution in [0.2, 0.25) is 0 Å². The first kappa shape index (κ1) is 22.3. The van der Waals surface area contributed by atoms with Crippen molar-refractivity contribution in [3.05, 3.63) is 95.7 Å². The molecule has 0 aliphatic heterocycles. The van der Waals surface area contributed by atoms with Crippen molar-refractivity contribution in [1.29, 1.82) is 0 Å². The molecule has 3 aromatic carbocycles. The number of aromatic nitrogens is 1. The Kier molecular flexibility index (Phi) is 6.54. The molecule has 0 fully saturated rings. The minimum Gasteiger partial charge on any atom is -0.476 e. The van der Waals surface area contributed by atoms with Gasteiger partial charge in [0, 0.05) is 12.1 Å². The predicted molar refractivity (Wildman–Crippen MR) is 127 cm³/mol. The van der Waals surface area contributed by atoms with Crippen molar-refractivity contribution >= 4 is 28.3 Å². The van der Waals surface area contributed by atoms with Gasteiger partial charge < -0.3 is 14.8 Å². The van der Waals surface area contributed by atoms with Crippen LogP contribution in [0.4, 0.5) is 5.69 Å². The van der Waals surface area contributed by atoms with E-state index in [-0.39, 0.29) is 29.7 Å². The van der Waals surface area contributed by atoms with Crippen LogP contribution >= 0.6 is 0 Å². The van der Waals surface area contributed by atoms with E-state index in [1.54, 1.807) is 0 Å². The normalized spacial score (nSPS) is 12.1. The molecular formula is C27H26N2O4. The van der Waals surface area contributed by atoms with Crippen LogP contribution in [-0.2, 0) is 11.2 Å². The Morgan fingerprint density at radius 2 is 1.73 bits per heavy atom. The largest absolute Gasteiger partial charge is 0.476 e. The average Bonchev–Trinajstić information content (AvgIpc) is 3.27. The Morgan fingerprint density at radius 3 is 2.52 bits per heavy atom. The van der Waals surface area contributed by atoms with E-state index in [1.165, 1.54) is 0 Å². The van der Waals surface area contributed by atoms with Crippen LogP contribution in [0.1, 0.15) is 53.6 Å². The molecule has 4 rings (SSSR count). The molecule has 6 heteroatoms. The summed E-state index contributed by atoms with van der Waals surface area (Å²) in [4.78, 5) is 28.8. The van der Waals surface area contributed by atoms with Gasteiger partial charge >= 0.3 is 5.97 Å². The number of rotatable bonds is 8. The Balaban J connectivity index is 1.66. The summed E-state index contributed by atoms with van der Waals surface area (Å²) in [6.07, 6.45) is 2.04. The van der Waals surface area contributed by atoms with Gasteiger partial charge in [0.05, 0.1) is 5.92 Å². The number of aromatic carboxylic acids is 1. The number of anilines is 1. The predicted octanol–water partition coefficient (Wildman–Crippen LogP) is 5.89. The summed E-state index contributed by atoms with van der Waals surface area (Å²) in [6.45, 7) is 4.22. The molecular weight excluding hydrogens is 416 g/mol. The maximum Gasteiger partial charge on any atom is 0.358 e. The molecule has 1 aromatic heterocycles. The van der Waals surface area contributed by atoms with E-state index in [0.717, 1.165) is 28.3 Å². The lowest BCUT2D eigenvalue weighted by molar-refractivity contribution is -0.117. The summed E-state index contributed by atoms with van der Waals surface area (Å²) in [5.74, 6) is -1.000. The van der Waals surface area contributed by atoms with Gasteiger partial charge in [-0.3, -0.25) is 4.79 Å². The van der Waals surface area contributed by atoms with Crippen LogP contribution in [0.15, 0.2) is 77.5 Å². The third kappa shape index (κ3) is 4.95. The van der Waals surface area contributed by atoms with Crippen molar-refractivity contribution < 1.29 is 19.1 Å². The first-order valence-corrected chi connectivity index (χ1v) is 11.0. The Morgan fingerprint density at radius 1 is 1.00 bits per heavy atom. The van der Waals surface area contributed by atoms with Gasteiger partial charge in [-0.05, 0) is 40.3 Å². The fraction of sp³-hybridized carbons (Fsp3) is 0.222. The number of oxazole rings is 1. The average molecular weight is 443 g/mol. The highest BCUT2D eigenvalue weighted by Gasteiger charge is 2.25. The Labute approximate surface area is 192 Å². The quantitative estimate of drug-likeness (QED) is 0.355. The van der Waals surface area contributed by atoms with Gasteiger partial charge in [0.25, 0.3) is 0 Å². The van der Waals surface area contributed by atoms with Gasteiger partial charge in [-0.15, -0.1) is 0 Å². The number of para-hydroxylation sites is 1. The molecule has 168 valence electrons. The van der Waals surface area contributed by atoms with Gasteiger partial charge in [-0.25, -0.2) is 9.78 Å². The van der Waals surface area contributed by atoms with E-state index >= 15 is 0 Å². The molecule has 0 saturated carbocycles. The lowest BCUT2D eigenvalue weighted by Crippen LogP contribution is -2.23. The molecule has 6 nitrogen and oxygen atoms in total. The molecule has 2 N–H and O–H groups in total. The van der Waals surface area contributed by atoms with E-state index in [0.29, 0.717) is 18.0 Å². The maximum atomic E-state index is 13.6. The molecule has 33 heavy (non-hydrogen) atoms. The molecule has 1 unspecified atom stereocenters. The molecule has 1 atom stereocenters. The lowest BCUT2D eigenvalue weighted by atomic mass is 9.86. The number of nitrogens with one attached hydrogen (secondary N) is 1. The number of amides is 1. The van der Waals surface area contributed by atoms with Crippen molar-refractivity contribution in [3.63, 3.8) is 0 Å². The molecule has 4 aromatic rings. The van der Waals surface area contributed by atoms with Gasteiger partial charge in [0.15, 0.2) is 12.1 Å². The molecule has 0 aliphatic rings. The molecule has 1 heterocycles. The number of fused-ring (bicyclic) bond motifs is 1. The second-order valence-electron chi connectivity index (χ2n) is 8.50. The summed E-state index contributed by atoms with van der Waals surface area (Å²) in [5.41, 5.74) is 2.26. The second kappa shape index (κ2) is 9.69. The van der Waals surface area contributed by atoms with Crippen LogP contribution in [0.5, 0.6) is 0 Å². The smallest absolute Gasteiger partial charge is 0.358 e. The van der Waals surface area contributed by atoms with E-state index in [4.69, 9.17) is 4.42 Å². The lowest BCUT2D eigenvalue weighted by Gasteiger charge is -2.22. The van der Waals surface area contributed by atoms with E-state index < -0.39 is 5.97 Å². The minimum atomic E-state index is -1.15. The van der Waals surface area contributed by atoms with E-state index in [1.807, 2.05) is 48.5 Å². The van der Waals surface area contributed by atoms with E-state index in [9.17, 15) is 14.7 Å². The molecule has 0 spiro atoms. The number of carbonyl (C=O) groups excluding carboxylic acids is 1. The molecule has 0 bridgehead atoms. The highest BCUT2D eigenvalue weighted by atomic mass is 16.4. The summed E-state index contributed by atoms with van der Waals surface area (Å²) in [6, 6.07) is 21.5. The van der Waals surface area contributed by atoms with Crippen molar-refractivity contribution in [2.75, 3.05) is 5.32 Å². The zero-order chi connectivity index (χ0) is 23.4. The minimum absolute atomic E-state index is 0.0940. The number of hydrogen-bond donors (Lipinski definition) is 2. The Bertz CT molecular complexity index is 1290. The topological polar surface area (TPSA) is 92.4 Å². The number of carboxylic acids is 1. The maximum absolute atomic E-state index is 13.6. The number of benzene rings is 3. The van der Waals surface area contributed by atoms with Gasteiger partial charge in [0.1, 0.15) is 5.76 Å². The first-order chi connectivity index (χ1) is 15.9. The summed E-state index contributed by atoms with van der Waals surface area (Å²) >= 11 is 0. The number of nitrogens with zero attached hydrogens (tertiary/aromatic N) is 1. The standard InChI is InChI=1S/C27H26N2O4/c1-17(2)14-22(21-12-7-10-18-8-3-5-11-20(18)21)26(30)29-23-13-6-4-9-19(23)15-24-25(27(31)32)28-16-33-24/h3-13,16-17,22H,14-15H2,1-2H3,(H,29,30)(H,31,32). The SMILES string of the molecule is CC(C)CC(C(=O)Nc1ccccc1Cc1ocnc1C(=O)O)c1cccc2ccccc12. The van der Waals surface area contributed by atoms with Crippen LogP contribution in [0, 0.1) is 5.92 Å². The second-order valence-corrected chi connectivity index (χ2v) is 8.50. The number of carboxylic acid groups (broad SMARTS) is 1. The summed E-state index contributed by atoms with van der Waals surface area (Å²) in [5, 5.41) is 14.6. The van der Waals surface area contributed by atoms with Crippen molar-refractivity contribution in [2.24, 2.45) is 5.92 Å². The Hall–Kier alpha value is -3.93. The van der Waals surface area contributed by atoms with Crippen molar-refractivity contribution in [1.82, 2.24) is 4.98 Å². The van der Waals surface area contributed by atoms with Gasteiger partial charge in [0.2, 0.25) is 5.91 Å². The van der Waals surface area contributed by atoms with Crippen LogP contribution in [-0.4, -0.2) is 22.0 Å². The molecule has 1 amide bonds. The van der Waals surface area contributed by atoms with Crippen LogP contribution in [0.3, 0.4) is 0 Å². The summed E-state index contributed by atoms with van der Waals surface area (Å²) in [7, 11) is 0. The zero-order valence-electron chi connectivity index (χ0n) is 18.6. The molecule has 0 aliphatic carbocycles. The van der Waals surface area contributed by atoms with Crippen molar-refractivity contribution in [2.45, 2.75) is 32.6 Å². The van der Waals surface area contributed by atoms with Crippen molar-refractivity contribution in [3.8, 4) is 0 Å². The number of carbonyl (C=O) groups is 2.